The van der Waals surface area contributed by atoms with Crippen molar-refractivity contribution < 1.29 is 9.21 Å². The lowest BCUT2D eigenvalue weighted by molar-refractivity contribution is -0.121. The van der Waals surface area contributed by atoms with Gasteiger partial charge in [0.25, 0.3) is 0 Å². The number of carbonyl (C=O) groups excluding carboxylic acids is 1. The van der Waals surface area contributed by atoms with Crippen LogP contribution in [-0.4, -0.2) is 22.6 Å². The van der Waals surface area contributed by atoms with E-state index in [0.717, 1.165) is 12.8 Å². The van der Waals surface area contributed by atoms with Crippen molar-refractivity contribution in [3.8, 4) is 0 Å². The Kier molecular flexibility index (Phi) is 4.97. The van der Waals surface area contributed by atoms with Crippen molar-refractivity contribution in [2.24, 2.45) is 0 Å². The molecule has 0 bridgehead atoms. The van der Waals surface area contributed by atoms with E-state index in [1.54, 1.807) is 6.92 Å². The lowest BCUT2D eigenvalue weighted by Gasteiger charge is -2.39. The number of aromatic nitrogens is 2. The molecule has 1 aliphatic rings. The van der Waals surface area contributed by atoms with E-state index in [2.05, 4.69) is 46.7 Å². The number of hydrogen-bond donors (Lipinski definition) is 1. The Hall–Kier alpha value is -2.17. The number of rotatable bonds is 5. The Morgan fingerprint density at radius 1 is 1.17 bits per heavy atom. The number of hydrogen-bond acceptors (Lipinski definition) is 4. The van der Waals surface area contributed by atoms with Gasteiger partial charge in [0.15, 0.2) is 0 Å². The summed E-state index contributed by atoms with van der Waals surface area (Å²) in [6, 6.07) is 8.55. The van der Waals surface area contributed by atoms with Gasteiger partial charge in [-0.15, -0.1) is 10.2 Å². The monoisotopic (exact) mass is 327 g/mol. The largest absolute Gasteiger partial charge is 0.425 e. The molecule has 1 saturated carbocycles. The molecule has 3 rings (SSSR count). The Labute approximate surface area is 142 Å². The molecule has 0 unspecified atom stereocenters. The Balaban J connectivity index is 1.71. The van der Waals surface area contributed by atoms with Crippen LogP contribution in [0.5, 0.6) is 0 Å². The zero-order valence-corrected chi connectivity index (χ0v) is 14.5. The van der Waals surface area contributed by atoms with Gasteiger partial charge in [0.05, 0.1) is 0 Å². The van der Waals surface area contributed by atoms with Gasteiger partial charge in [0.1, 0.15) is 6.42 Å². The van der Waals surface area contributed by atoms with E-state index < -0.39 is 0 Å². The molecule has 1 aromatic carbocycles. The average molecular weight is 327 g/mol. The maximum Gasteiger partial charge on any atom is 0.229 e. The molecule has 5 nitrogen and oxygen atoms in total. The number of benzene rings is 1. The summed E-state index contributed by atoms with van der Waals surface area (Å²) in [4.78, 5) is 12.3. The van der Waals surface area contributed by atoms with Crippen LogP contribution >= 0.6 is 0 Å². The van der Waals surface area contributed by atoms with E-state index >= 15 is 0 Å². The zero-order valence-electron chi connectivity index (χ0n) is 14.5. The fourth-order valence-corrected chi connectivity index (χ4v) is 3.81. The maximum absolute atomic E-state index is 12.3. The summed E-state index contributed by atoms with van der Waals surface area (Å²) in [7, 11) is 0. The van der Waals surface area contributed by atoms with E-state index in [1.165, 1.54) is 30.4 Å². The predicted molar refractivity (Wildman–Crippen MR) is 91.7 cm³/mol. The molecule has 1 aliphatic carbocycles. The predicted octanol–water partition coefficient (Wildman–Crippen LogP) is 3.25. The van der Waals surface area contributed by atoms with Crippen LogP contribution in [0.3, 0.4) is 0 Å². The molecule has 1 amide bonds. The number of nitrogens with one attached hydrogen (secondary N) is 1. The summed E-state index contributed by atoms with van der Waals surface area (Å²) in [6.07, 6.45) is 6.10. The highest BCUT2D eigenvalue weighted by molar-refractivity contribution is 5.77. The van der Waals surface area contributed by atoms with E-state index in [9.17, 15) is 4.79 Å². The third-order valence-electron chi connectivity index (χ3n) is 5.03. The minimum atomic E-state index is -0.0582. The second kappa shape index (κ2) is 7.16. The lowest BCUT2D eigenvalue weighted by Crippen LogP contribution is -2.43. The molecule has 1 heterocycles. The van der Waals surface area contributed by atoms with Crippen LogP contribution in [-0.2, 0) is 16.6 Å². The molecule has 0 radical (unpaired) electrons. The molecule has 0 aliphatic heterocycles. The normalized spacial score (nSPS) is 16.8. The summed E-state index contributed by atoms with van der Waals surface area (Å²) >= 11 is 0. The van der Waals surface area contributed by atoms with Crippen LogP contribution < -0.4 is 5.32 Å². The van der Waals surface area contributed by atoms with Crippen LogP contribution in [0, 0.1) is 13.8 Å². The molecule has 0 saturated heterocycles. The van der Waals surface area contributed by atoms with Crippen molar-refractivity contribution in [2.45, 2.75) is 57.8 Å². The number of nitrogens with zero attached hydrogens (tertiary/aromatic N) is 2. The smallest absolute Gasteiger partial charge is 0.229 e. The third-order valence-corrected chi connectivity index (χ3v) is 5.03. The van der Waals surface area contributed by atoms with Gasteiger partial charge in [-0.1, -0.05) is 43.5 Å². The minimum absolute atomic E-state index is 0.0456. The molecule has 1 fully saturated rings. The van der Waals surface area contributed by atoms with Gasteiger partial charge in [-0.05, 0) is 30.9 Å². The first-order chi connectivity index (χ1) is 11.6. The first-order valence-corrected chi connectivity index (χ1v) is 8.71. The second-order valence-corrected chi connectivity index (χ2v) is 6.82. The summed E-state index contributed by atoms with van der Waals surface area (Å²) < 4.78 is 5.29. The standard InChI is InChI=1S/C19H25N3O2/c1-14-8-4-5-9-16(14)19(10-6-3-7-11-19)13-20-17(23)12-18-22-21-15(2)24-18/h4-5,8-9H,3,6-7,10-13H2,1-2H3,(H,20,23). The van der Waals surface area contributed by atoms with Crippen LogP contribution in [0.25, 0.3) is 0 Å². The molecular formula is C19H25N3O2. The fourth-order valence-electron chi connectivity index (χ4n) is 3.81. The Morgan fingerprint density at radius 3 is 2.58 bits per heavy atom. The molecule has 0 spiro atoms. The lowest BCUT2D eigenvalue weighted by atomic mass is 9.68. The molecule has 5 heteroatoms. The van der Waals surface area contributed by atoms with Crippen LogP contribution in [0.15, 0.2) is 28.7 Å². The quantitative estimate of drug-likeness (QED) is 0.915. The van der Waals surface area contributed by atoms with Gasteiger partial charge < -0.3 is 9.73 Å². The Bertz CT molecular complexity index is 702. The molecule has 24 heavy (non-hydrogen) atoms. The first-order valence-electron chi connectivity index (χ1n) is 8.71. The van der Waals surface area contributed by atoms with Gasteiger partial charge in [-0.3, -0.25) is 4.79 Å². The first kappa shape index (κ1) is 16.7. The third kappa shape index (κ3) is 3.66. The van der Waals surface area contributed by atoms with Gasteiger partial charge in [-0.25, -0.2) is 0 Å². The molecule has 2 aromatic rings. The van der Waals surface area contributed by atoms with Crippen LogP contribution in [0.2, 0.25) is 0 Å². The molecule has 128 valence electrons. The van der Waals surface area contributed by atoms with Crippen molar-refractivity contribution in [2.75, 3.05) is 6.54 Å². The molecule has 1 aromatic heterocycles. The van der Waals surface area contributed by atoms with Crippen molar-refractivity contribution in [1.82, 2.24) is 15.5 Å². The van der Waals surface area contributed by atoms with Gasteiger partial charge in [-0.2, -0.15) is 0 Å². The number of carbonyl (C=O) groups is 1. The van der Waals surface area contributed by atoms with Crippen molar-refractivity contribution in [3.05, 3.63) is 47.2 Å². The fraction of sp³-hybridized carbons (Fsp3) is 0.526. The second-order valence-electron chi connectivity index (χ2n) is 6.82. The highest BCUT2D eigenvalue weighted by Crippen LogP contribution is 2.40. The van der Waals surface area contributed by atoms with Crippen LogP contribution in [0.1, 0.15) is 55.0 Å². The average Bonchev–Trinajstić information content (AvgIpc) is 2.99. The highest BCUT2D eigenvalue weighted by atomic mass is 16.4. The van der Waals surface area contributed by atoms with Crippen molar-refractivity contribution in [3.63, 3.8) is 0 Å². The van der Waals surface area contributed by atoms with E-state index in [-0.39, 0.29) is 17.7 Å². The topological polar surface area (TPSA) is 68.0 Å². The van der Waals surface area contributed by atoms with Crippen LogP contribution in [0.4, 0.5) is 0 Å². The summed E-state index contributed by atoms with van der Waals surface area (Å²) in [6.45, 7) is 4.56. The highest BCUT2D eigenvalue weighted by Gasteiger charge is 2.35. The van der Waals surface area contributed by atoms with E-state index in [0.29, 0.717) is 18.3 Å². The van der Waals surface area contributed by atoms with Gasteiger partial charge in [0.2, 0.25) is 17.7 Å². The summed E-state index contributed by atoms with van der Waals surface area (Å²) in [5.41, 5.74) is 2.73. The summed E-state index contributed by atoms with van der Waals surface area (Å²) in [5, 5.41) is 10.8. The number of amides is 1. The molecular weight excluding hydrogens is 302 g/mol. The maximum atomic E-state index is 12.3. The summed E-state index contributed by atoms with van der Waals surface area (Å²) in [5.74, 6) is 0.803. The van der Waals surface area contributed by atoms with E-state index in [4.69, 9.17) is 4.42 Å². The Morgan fingerprint density at radius 2 is 1.92 bits per heavy atom. The minimum Gasteiger partial charge on any atom is -0.425 e. The molecule has 1 N–H and O–H groups in total. The molecule has 0 atom stereocenters. The van der Waals surface area contributed by atoms with Crippen molar-refractivity contribution >= 4 is 5.91 Å². The van der Waals surface area contributed by atoms with Gasteiger partial charge in [0, 0.05) is 18.9 Å². The SMILES string of the molecule is Cc1nnc(CC(=O)NCC2(c3ccccc3C)CCCCC2)o1. The van der Waals surface area contributed by atoms with Crippen molar-refractivity contribution in [1.29, 1.82) is 0 Å². The number of aryl methyl sites for hydroxylation is 2. The van der Waals surface area contributed by atoms with Gasteiger partial charge >= 0.3 is 0 Å². The zero-order chi connectivity index (χ0) is 17.0. The van der Waals surface area contributed by atoms with E-state index in [1.807, 2.05) is 0 Å².